The Morgan fingerprint density at radius 2 is 2.11 bits per heavy atom. The van der Waals surface area contributed by atoms with E-state index in [1.807, 2.05) is 0 Å². The largest absolute Gasteiger partial charge is 0.357 e. The predicted molar refractivity (Wildman–Crippen MR) is 90.4 cm³/mol. The third-order valence-corrected chi connectivity index (χ3v) is 3.69. The Balaban J connectivity index is 0.00000133. The zero-order valence-corrected chi connectivity index (χ0v) is 13.7. The third-order valence-electron chi connectivity index (χ3n) is 3.69. The van der Waals surface area contributed by atoms with Crippen LogP contribution in [-0.2, 0) is 6.42 Å². The number of nitrogens with one attached hydrogen (secondary N) is 2. The number of halogens is 1. The topological polar surface area (TPSA) is 36.4 Å². The van der Waals surface area contributed by atoms with Crippen LogP contribution in [0, 0.1) is 0 Å². The molecule has 0 spiro atoms. The lowest BCUT2D eigenvalue weighted by Crippen LogP contribution is -2.39. The fourth-order valence-corrected chi connectivity index (χ4v) is 2.47. The van der Waals surface area contributed by atoms with E-state index >= 15 is 0 Å². The second-order valence-corrected chi connectivity index (χ2v) is 5.24. The summed E-state index contributed by atoms with van der Waals surface area (Å²) in [7, 11) is 0. The molecular formula is C15H22IN3. The van der Waals surface area contributed by atoms with Crippen LogP contribution in [-0.4, -0.2) is 25.1 Å². The highest BCUT2D eigenvalue weighted by Crippen LogP contribution is 2.34. The number of rotatable bonds is 4. The van der Waals surface area contributed by atoms with Crippen molar-refractivity contribution in [2.75, 3.05) is 13.1 Å². The summed E-state index contributed by atoms with van der Waals surface area (Å²) in [6.45, 7) is 3.95. The van der Waals surface area contributed by atoms with Gasteiger partial charge in [0.05, 0.1) is 0 Å². The monoisotopic (exact) mass is 371 g/mol. The van der Waals surface area contributed by atoms with E-state index in [9.17, 15) is 0 Å². The molecule has 1 aromatic rings. The molecule has 2 N–H and O–H groups in total. The Morgan fingerprint density at radius 3 is 2.79 bits per heavy atom. The van der Waals surface area contributed by atoms with Crippen molar-refractivity contribution in [2.24, 2.45) is 4.99 Å². The SMILES string of the molecule is CCNC(=NCC1Cc2ccccc21)NC1CC1.I. The van der Waals surface area contributed by atoms with Crippen LogP contribution >= 0.6 is 24.0 Å². The first-order valence-electron chi connectivity index (χ1n) is 6.99. The number of hydrogen-bond donors (Lipinski definition) is 2. The maximum absolute atomic E-state index is 4.71. The van der Waals surface area contributed by atoms with Crippen LogP contribution in [0.5, 0.6) is 0 Å². The molecule has 0 saturated heterocycles. The first-order chi connectivity index (χ1) is 8.86. The highest BCUT2D eigenvalue weighted by molar-refractivity contribution is 14.0. The van der Waals surface area contributed by atoms with Crippen molar-refractivity contribution in [1.29, 1.82) is 0 Å². The summed E-state index contributed by atoms with van der Waals surface area (Å²) in [6.07, 6.45) is 3.76. The van der Waals surface area contributed by atoms with Gasteiger partial charge in [0.15, 0.2) is 5.96 Å². The standard InChI is InChI=1S/C15H21N3.HI/c1-2-16-15(18-13-7-8-13)17-10-12-9-11-5-3-4-6-14(11)12;/h3-6,12-13H,2,7-10H2,1H3,(H2,16,17,18);1H. The van der Waals surface area contributed by atoms with Crippen molar-refractivity contribution < 1.29 is 0 Å². The number of benzene rings is 1. The molecule has 3 rings (SSSR count). The molecular weight excluding hydrogens is 349 g/mol. The fraction of sp³-hybridized carbons (Fsp3) is 0.533. The Kier molecular flexibility index (Phi) is 5.07. The molecule has 2 aliphatic carbocycles. The van der Waals surface area contributed by atoms with Crippen LogP contribution in [0.25, 0.3) is 0 Å². The van der Waals surface area contributed by atoms with E-state index in [1.165, 1.54) is 30.4 Å². The molecule has 1 saturated carbocycles. The van der Waals surface area contributed by atoms with E-state index in [4.69, 9.17) is 4.99 Å². The lowest BCUT2D eigenvalue weighted by Gasteiger charge is -2.28. The molecule has 4 heteroatoms. The van der Waals surface area contributed by atoms with Crippen LogP contribution in [0.4, 0.5) is 0 Å². The second kappa shape index (κ2) is 6.59. The van der Waals surface area contributed by atoms with Crippen LogP contribution in [0.3, 0.4) is 0 Å². The van der Waals surface area contributed by atoms with Gasteiger partial charge in [0, 0.05) is 25.0 Å². The Bertz CT molecular complexity index is 454. The first-order valence-corrected chi connectivity index (χ1v) is 6.99. The zero-order chi connectivity index (χ0) is 12.4. The average molecular weight is 371 g/mol. The van der Waals surface area contributed by atoms with Crippen LogP contribution in [0.15, 0.2) is 29.3 Å². The molecule has 0 amide bonds. The highest BCUT2D eigenvalue weighted by Gasteiger charge is 2.26. The first kappa shape index (κ1) is 14.6. The van der Waals surface area contributed by atoms with Crippen LogP contribution in [0.2, 0.25) is 0 Å². The van der Waals surface area contributed by atoms with Crippen molar-refractivity contribution in [3.63, 3.8) is 0 Å². The normalized spacial score (nSPS) is 20.9. The van der Waals surface area contributed by atoms with Gasteiger partial charge in [-0.05, 0) is 37.3 Å². The van der Waals surface area contributed by atoms with E-state index in [1.54, 1.807) is 0 Å². The van der Waals surface area contributed by atoms with Crippen molar-refractivity contribution in [3.05, 3.63) is 35.4 Å². The second-order valence-electron chi connectivity index (χ2n) is 5.24. The maximum Gasteiger partial charge on any atom is 0.191 e. The Hall–Kier alpha value is -0.780. The number of hydrogen-bond acceptors (Lipinski definition) is 1. The quantitative estimate of drug-likeness (QED) is 0.485. The minimum Gasteiger partial charge on any atom is -0.357 e. The molecule has 0 radical (unpaired) electrons. The van der Waals surface area contributed by atoms with Gasteiger partial charge < -0.3 is 10.6 Å². The van der Waals surface area contributed by atoms with Crippen molar-refractivity contribution in [3.8, 4) is 0 Å². The number of nitrogens with zero attached hydrogens (tertiary/aromatic N) is 1. The molecule has 3 nitrogen and oxygen atoms in total. The summed E-state index contributed by atoms with van der Waals surface area (Å²) >= 11 is 0. The van der Waals surface area contributed by atoms with Crippen LogP contribution < -0.4 is 10.6 Å². The van der Waals surface area contributed by atoms with Gasteiger partial charge in [-0.3, -0.25) is 4.99 Å². The van der Waals surface area contributed by atoms with Crippen LogP contribution in [0.1, 0.15) is 36.8 Å². The van der Waals surface area contributed by atoms with Crippen molar-refractivity contribution in [2.45, 2.75) is 38.1 Å². The summed E-state index contributed by atoms with van der Waals surface area (Å²) in [4.78, 5) is 4.71. The molecule has 0 bridgehead atoms. The minimum atomic E-state index is 0. The number of fused-ring (bicyclic) bond motifs is 1. The molecule has 1 atom stereocenters. The summed E-state index contributed by atoms with van der Waals surface area (Å²) in [6, 6.07) is 9.37. The third kappa shape index (κ3) is 3.61. The zero-order valence-electron chi connectivity index (χ0n) is 11.4. The number of aliphatic imine (C=N–C) groups is 1. The molecule has 1 unspecified atom stereocenters. The Morgan fingerprint density at radius 1 is 1.32 bits per heavy atom. The average Bonchev–Trinajstić information content (AvgIpc) is 3.14. The van der Waals surface area contributed by atoms with E-state index in [0.29, 0.717) is 12.0 Å². The van der Waals surface area contributed by atoms with E-state index in [2.05, 4.69) is 41.8 Å². The van der Waals surface area contributed by atoms with Gasteiger partial charge >= 0.3 is 0 Å². The Labute approximate surface area is 132 Å². The summed E-state index contributed by atoms with van der Waals surface area (Å²) in [5.74, 6) is 1.61. The molecule has 0 heterocycles. The van der Waals surface area contributed by atoms with Crippen molar-refractivity contribution in [1.82, 2.24) is 10.6 Å². The van der Waals surface area contributed by atoms with Gasteiger partial charge in [0.1, 0.15) is 0 Å². The predicted octanol–water partition coefficient (Wildman–Crippen LogP) is 2.66. The molecule has 0 aliphatic heterocycles. The lowest BCUT2D eigenvalue weighted by molar-refractivity contribution is 0.614. The number of guanidine groups is 1. The van der Waals surface area contributed by atoms with E-state index < -0.39 is 0 Å². The minimum absolute atomic E-state index is 0. The molecule has 104 valence electrons. The smallest absolute Gasteiger partial charge is 0.191 e. The highest BCUT2D eigenvalue weighted by atomic mass is 127. The molecule has 1 aromatic carbocycles. The summed E-state index contributed by atoms with van der Waals surface area (Å²) in [5, 5.41) is 6.78. The summed E-state index contributed by atoms with van der Waals surface area (Å²) in [5.41, 5.74) is 2.99. The van der Waals surface area contributed by atoms with Gasteiger partial charge in [-0.25, -0.2) is 0 Å². The van der Waals surface area contributed by atoms with Gasteiger partial charge in [-0.2, -0.15) is 0 Å². The lowest BCUT2D eigenvalue weighted by atomic mass is 9.78. The molecule has 0 aromatic heterocycles. The van der Waals surface area contributed by atoms with Gasteiger partial charge in [-0.1, -0.05) is 24.3 Å². The van der Waals surface area contributed by atoms with Crippen molar-refractivity contribution >= 4 is 29.9 Å². The maximum atomic E-state index is 4.71. The summed E-state index contributed by atoms with van der Waals surface area (Å²) < 4.78 is 0. The van der Waals surface area contributed by atoms with Gasteiger partial charge in [0.2, 0.25) is 0 Å². The van der Waals surface area contributed by atoms with Gasteiger partial charge in [-0.15, -0.1) is 24.0 Å². The molecule has 2 aliphatic rings. The molecule has 1 fully saturated rings. The fourth-order valence-electron chi connectivity index (χ4n) is 2.47. The van der Waals surface area contributed by atoms with Gasteiger partial charge in [0.25, 0.3) is 0 Å². The van der Waals surface area contributed by atoms with E-state index in [-0.39, 0.29) is 24.0 Å². The molecule has 19 heavy (non-hydrogen) atoms. The van der Waals surface area contributed by atoms with E-state index in [0.717, 1.165) is 19.0 Å².